The van der Waals surface area contributed by atoms with Crippen molar-refractivity contribution in [1.82, 2.24) is 10.6 Å². The highest BCUT2D eigenvalue weighted by molar-refractivity contribution is 5.82. The molecule has 0 aliphatic carbocycles. The van der Waals surface area contributed by atoms with Gasteiger partial charge in [-0.25, -0.2) is 4.79 Å². The molecular weight excluding hydrogens is 388 g/mol. The highest BCUT2D eigenvalue weighted by Gasteiger charge is 2.48. The number of carbonyl (C=O) groups excluding carboxylic acids is 2. The van der Waals surface area contributed by atoms with Gasteiger partial charge in [-0.3, -0.25) is 9.59 Å². The minimum absolute atomic E-state index is 0.0775. The Bertz CT molecular complexity index is 594. The summed E-state index contributed by atoms with van der Waals surface area (Å²) in [6.45, 7) is 2.89. The fraction of sp³-hybridized carbons (Fsp3) is 0.773. The number of unbranched alkanes of at least 4 members (excludes halogenated alkanes) is 2. The highest BCUT2D eigenvalue weighted by atomic mass is 16.6. The molecule has 0 unspecified atom stereocenters. The van der Waals surface area contributed by atoms with Crippen LogP contribution in [0, 0.1) is 11.8 Å². The van der Waals surface area contributed by atoms with Crippen LogP contribution in [0.1, 0.15) is 64.7 Å². The lowest BCUT2D eigenvalue weighted by atomic mass is 9.77. The van der Waals surface area contributed by atoms with Crippen LogP contribution in [-0.4, -0.2) is 55.0 Å². The lowest BCUT2D eigenvalue weighted by molar-refractivity contribution is -0.137. The third-order valence-electron chi connectivity index (χ3n) is 5.84. The average molecular weight is 425 g/mol. The van der Waals surface area contributed by atoms with Crippen LogP contribution in [0.25, 0.3) is 0 Å². The second kappa shape index (κ2) is 13.3. The van der Waals surface area contributed by atoms with Gasteiger partial charge in [0.2, 0.25) is 5.91 Å². The fourth-order valence-electron chi connectivity index (χ4n) is 4.24. The Morgan fingerprint density at radius 3 is 2.53 bits per heavy atom. The number of amides is 2. The maximum absolute atomic E-state index is 11.9. The number of carboxylic acid groups (broad SMARTS) is 1. The van der Waals surface area contributed by atoms with E-state index < -0.39 is 12.1 Å². The predicted molar refractivity (Wildman–Crippen MR) is 112 cm³/mol. The van der Waals surface area contributed by atoms with Gasteiger partial charge in [-0.1, -0.05) is 25.5 Å². The fourth-order valence-corrected chi connectivity index (χ4v) is 4.24. The van der Waals surface area contributed by atoms with Gasteiger partial charge in [-0.15, -0.1) is 0 Å². The number of aliphatic carboxylic acids is 1. The molecule has 0 aromatic rings. The summed E-state index contributed by atoms with van der Waals surface area (Å²) in [5.41, 5.74) is 0. The van der Waals surface area contributed by atoms with E-state index in [1.54, 1.807) is 0 Å². The molecular formula is C22H36N2O6. The van der Waals surface area contributed by atoms with Crippen LogP contribution in [-0.2, 0) is 19.1 Å². The molecule has 2 rings (SSSR count). The summed E-state index contributed by atoms with van der Waals surface area (Å²) < 4.78 is 11.4. The summed E-state index contributed by atoms with van der Waals surface area (Å²) in [5, 5.41) is 13.9. The zero-order valence-corrected chi connectivity index (χ0v) is 17.9. The molecule has 3 N–H and O–H groups in total. The van der Waals surface area contributed by atoms with Gasteiger partial charge in [0.05, 0.1) is 25.4 Å². The first-order valence-electron chi connectivity index (χ1n) is 11.2. The lowest BCUT2D eigenvalue weighted by Gasteiger charge is -2.27. The molecule has 2 amide bonds. The molecule has 2 bridgehead atoms. The normalized spacial score (nSPS) is 24.8. The maximum atomic E-state index is 11.9. The van der Waals surface area contributed by atoms with Crippen LogP contribution in [0.5, 0.6) is 0 Å². The van der Waals surface area contributed by atoms with Crippen molar-refractivity contribution >= 4 is 18.0 Å². The minimum Gasteiger partial charge on any atom is -0.481 e. The number of rotatable bonds is 14. The molecule has 8 nitrogen and oxygen atoms in total. The quantitative estimate of drug-likeness (QED) is 0.292. The largest absolute Gasteiger partial charge is 0.481 e. The maximum Gasteiger partial charge on any atom is 0.407 e. The summed E-state index contributed by atoms with van der Waals surface area (Å²) in [6.07, 6.45) is 11.4. The van der Waals surface area contributed by atoms with Crippen LogP contribution in [0.4, 0.5) is 4.79 Å². The Labute approximate surface area is 178 Å². The van der Waals surface area contributed by atoms with E-state index in [-0.39, 0.29) is 37.0 Å². The molecule has 30 heavy (non-hydrogen) atoms. The van der Waals surface area contributed by atoms with E-state index in [0.29, 0.717) is 25.5 Å². The van der Waals surface area contributed by atoms with Crippen molar-refractivity contribution in [3.05, 3.63) is 12.2 Å². The number of nitrogens with one attached hydrogen (secondary N) is 2. The van der Waals surface area contributed by atoms with Gasteiger partial charge in [0.1, 0.15) is 0 Å². The zero-order valence-electron chi connectivity index (χ0n) is 17.9. The van der Waals surface area contributed by atoms with Crippen molar-refractivity contribution in [1.29, 1.82) is 0 Å². The van der Waals surface area contributed by atoms with Crippen LogP contribution >= 0.6 is 0 Å². The minimum atomic E-state index is -0.758. The number of fused-ring (bicyclic) bond motifs is 2. The van der Waals surface area contributed by atoms with E-state index >= 15 is 0 Å². The number of ether oxygens (including phenoxy) is 2. The van der Waals surface area contributed by atoms with Crippen LogP contribution < -0.4 is 10.6 Å². The molecule has 0 aromatic heterocycles. The van der Waals surface area contributed by atoms with E-state index in [1.807, 2.05) is 13.0 Å². The van der Waals surface area contributed by atoms with Gasteiger partial charge in [-0.2, -0.15) is 0 Å². The molecule has 0 saturated carbocycles. The zero-order chi connectivity index (χ0) is 21.8. The number of carbonyl (C=O) groups is 3. The van der Waals surface area contributed by atoms with Crippen LogP contribution in [0.2, 0.25) is 0 Å². The summed E-state index contributed by atoms with van der Waals surface area (Å²) in [7, 11) is 0. The highest BCUT2D eigenvalue weighted by Crippen LogP contribution is 2.45. The number of allylic oxidation sites excluding steroid dienone is 2. The Morgan fingerprint density at radius 1 is 1.07 bits per heavy atom. The third kappa shape index (κ3) is 8.34. The topological polar surface area (TPSA) is 114 Å². The van der Waals surface area contributed by atoms with Crippen LogP contribution in [0.15, 0.2) is 12.2 Å². The smallest absolute Gasteiger partial charge is 0.407 e. The number of alkyl carbamates (subject to hydrolysis) is 1. The van der Waals surface area contributed by atoms with Crippen molar-refractivity contribution in [2.45, 2.75) is 76.9 Å². The van der Waals surface area contributed by atoms with E-state index in [0.717, 1.165) is 44.9 Å². The molecule has 2 aliphatic heterocycles. The molecule has 0 radical (unpaired) electrons. The van der Waals surface area contributed by atoms with E-state index in [9.17, 15) is 14.4 Å². The van der Waals surface area contributed by atoms with E-state index in [4.69, 9.17) is 14.6 Å². The van der Waals surface area contributed by atoms with Gasteiger partial charge in [-0.05, 0) is 50.9 Å². The average Bonchev–Trinajstić information content (AvgIpc) is 3.31. The second-order valence-electron chi connectivity index (χ2n) is 8.11. The van der Waals surface area contributed by atoms with Crippen molar-refractivity contribution < 1.29 is 29.0 Å². The summed E-state index contributed by atoms with van der Waals surface area (Å²) >= 11 is 0. The number of hydrogen-bond acceptors (Lipinski definition) is 5. The van der Waals surface area contributed by atoms with Crippen molar-refractivity contribution in [3.63, 3.8) is 0 Å². The van der Waals surface area contributed by atoms with E-state index in [2.05, 4.69) is 16.7 Å². The lowest BCUT2D eigenvalue weighted by Crippen LogP contribution is -2.39. The molecule has 2 fully saturated rings. The molecule has 8 heteroatoms. The Kier molecular flexibility index (Phi) is 10.7. The Balaban J connectivity index is 1.65. The molecule has 170 valence electrons. The molecule has 2 saturated heterocycles. The SMILES string of the molecule is CCCCNC(=O)CNC(=O)OC[C@@H]1[C@H](CC/C=C\CCCC(=O)O)[C@@H]2CC[C@H]1O2. The molecule has 4 atom stereocenters. The third-order valence-corrected chi connectivity index (χ3v) is 5.84. The summed E-state index contributed by atoms with van der Waals surface area (Å²) in [4.78, 5) is 34.1. The summed E-state index contributed by atoms with van der Waals surface area (Å²) in [6, 6.07) is 0. The molecule has 2 heterocycles. The van der Waals surface area contributed by atoms with Gasteiger partial charge >= 0.3 is 12.1 Å². The van der Waals surface area contributed by atoms with Crippen molar-refractivity contribution in [3.8, 4) is 0 Å². The van der Waals surface area contributed by atoms with Crippen molar-refractivity contribution in [2.24, 2.45) is 11.8 Å². The molecule has 2 aliphatic rings. The van der Waals surface area contributed by atoms with Gasteiger partial charge in [0, 0.05) is 18.9 Å². The number of hydrogen-bond donors (Lipinski definition) is 3. The van der Waals surface area contributed by atoms with Gasteiger partial charge in [0.15, 0.2) is 0 Å². The Morgan fingerprint density at radius 2 is 1.80 bits per heavy atom. The summed E-state index contributed by atoms with van der Waals surface area (Å²) in [5.74, 6) is -0.422. The van der Waals surface area contributed by atoms with Gasteiger partial charge < -0.3 is 25.2 Å². The first kappa shape index (κ1) is 24.2. The van der Waals surface area contributed by atoms with Crippen LogP contribution in [0.3, 0.4) is 0 Å². The molecule has 0 aromatic carbocycles. The van der Waals surface area contributed by atoms with E-state index in [1.165, 1.54) is 0 Å². The standard InChI is InChI=1S/C22H36N2O6/c1-2-3-13-23-20(25)14-24-22(28)29-15-17-16(18-11-12-19(17)30-18)9-7-5-4-6-8-10-21(26)27/h4-5,16-19H,2-3,6-15H2,1H3,(H,23,25)(H,24,28)(H,26,27)/b5-4-/t16-,17+,18-,19+/m0/s1. The number of carboxylic acids is 1. The monoisotopic (exact) mass is 424 g/mol. The predicted octanol–water partition coefficient (Wildman–Crippen LogP) is 3.01. The second-order valence-corrected chi connectivity index (χ2v) is 8.11. The first-order chi connectivity index (χ1) is 14.5. The molecule has 0 spiro atoms. The Hall–Kier alpha value is -2.09. The van der Waals surface area contributed by atoms with Crippen molar-refractivity contribution in [2.75, 3.05) is 19.7 Å². The van der Waals surface area contributed by atoms with Gasteiger partial charge in [0.25, 0.3) is 0 Å². The first-order valence-corrected chi connectivity index (χ1v) is 11.2.